The molecule has 5 heteroatoms. The molecule has 1 saturated heterocycles. The average molecular weight is 332 g/mol. The van der Waals surface area contributed by atoms with E-state index in [0.717, 1.165) is 25.7 Å². The molecule has 2 saturated carbocycles. The minimum Gasteiger partial charge on any atom is -0.339 e. The number of nitrogens with zero attached hydrogens (tertiary/aromatic N) is 2. The third-order valence-electron chi connectivity index (χ3n) is 5.48. The molecule has 2 heterocycles. The Bertz CT molecular complexity index is 576. The summed E-state index contributed by atoms with van der Waals surface area (Å²) in [6.45, 7) is 1.36. The topological polar surface area (TPSA) is 40.6 Å². The van der Waals surface area contributed by atoms with Crippen molar-refractivity contribution in [1.82, 2.24) is 9.80 Å². The van der Waals surface area contributed by atoms with Crippen molar-refractivity contribution in [2.75, 3.05) is 6.54 Å². The Morgan fingerprint density at radius 2 is 2.04 bits per heavy atom. The maximum Gasteiger partial charge on any atom is 0.228 e. The Labute approximate surface area is 141 Å². The molecule has 0 radical (unpaired) electrons. The summed E-state index contributed by atoms with van der Waals surface area (Å²) in [6.07, 6.45) is 7.32. The number of amides is 2. The van der Waals surface area contributed by atoms with Crippen molar-refractivity contribution >= 4 is 23.2 Å². The van der Waals surface area contributed by atoms with Crippen molar-refractivity contribution in [3.63, 3.8) is 0 Å². The van der Waals surface area contributed by atoms with Crippen LogP contribution in [0.25, 0.3) is 0 Å². The molecule has 4 nitrogen and oxygen atoms in total. The van der Waals surface area contributed by atoms with Crippen LogP contribution in [-0.4, -0.2) is 40.2 Å². The first kappa shape index (κ1) is 15.2. The van der Waals surface area contributed by atoms with Crippen LogP contribution in [0.2, 0.25) is 0 Å². The van der Waals surface area contributed by atoms with Crippen molar-refractivity contribution in [2.45, 2.75) is 63.6 Å². The molecule has 1 atom stereocenters. The smallest absolute Gasteiger partial charge is 0.228 e. The van der Waals surface area contributed by atoms with Crippen molar-refractivity contribution in [3.8, 4) is 0 Å². The lowest BCUT2D eigenvalue weighted by molar-refractivity contribution is -0.138. The van der Waals surface area contributed by atoms with Gasteiger partial charge in [-0.3, -0.25) is 9.59 Å². The zero-order chi connectivity index (χ0) is 15.8. The van der Waals surface area contributed by atoms with E-state index in [1.807, 2.05) is 4.90 Å². The monoisotopic (exact) mass is 332 g/mol. The quantitative estimate of drug-likeness (QED) is 0.831. The lowest BCUT2D eigenvalue weighted by Gasteiger charge is -2.31. The van der Waals surface area contributed by atoms with Crippen LogP contribution in [0.5, 0.6) is 0 Å². The fourth-order valence-corrected chi connectivity index (χ4v) is 4.71. The summed E-state index contributed by atoms with van der Waals surface area (Å²) in [7, 11) is 0. The number of carbonyl (C=O) groups excluding carboxylic acids is 2. The van der Waals surface area contributed by atoms with Crippen LogP contribution in [0.1, 0.15) is 50.5 Å². The molecule has 3 fully saturated rings. The summed E-state index contributed by atoms with van der Waals surface area (Å²) in [6, 6.07) is 2.90. The average Bonchev–Trinajstić information content (AvgIpc) is 3.00. The zero-order valence-electron chi connectivity index (χ0n) is 13.4. The maximum absolute atomic E-state index is 13.1. The van der Waals surface area contributed by atoms with Gasteiger partial charge in [-0.1, -0.05) is 12.8 Å². The van der Waals surface area contributed by atoms with Gasteiger partial charge >= 0.3 is 0 Å². The second-order valence-corrected chi connectivity index (χ2v) is 7.99. The summed E-state index contributed by atoms with van der Waals surface area (Å²) in [5.74, 6) is 0.273. The van der Waals surface area contributed by atoms with Gasteiger partial charge in [0.25, 0.3) is 0 Å². The molecule has 3 aliphatic rings. The Morgan fingerprint density at radius 3 is 2.70 bits per heavy atom. The predicted octanol–water partition coefficient (Wildman–Crippen LogP) is 3.03. The van der Waals surface area contributed by atoms with Gasteiger partial charge in [0.05, 0.1) is 5.92 Å². The van der Waals surface area contributed by atoms with Gasteiger partial charge in [-0.2, -0.15) is 11.3 Å². The van der Waals surface area contributed by atoms with E-state index in [9.17, 15) is 9.59 Å². The summed E-state index contributed by atoms with van der Waals surface area (Å²) < 4.78 is 0. The van der Waals surface area contributed by atoms with Crippen LogP contribution in [0.15, 0.2) is 16.8 Å². The highest BCUT2D eigenvalue weighted by atomic mass is 32.1. The molecule has 23 heavy (non-hydrogen) atoms. The van der Waals surface area contributed by atoms with Crippen molar-refractivity contribution in [1.29, 1.82) is 0 Å². The van der Waals surface area contributed by atoms with Gasteiger partial charge in [-0.25, -0.2) is 0 Å². The zero-order valence-corrected chi connectivity index (χ0v) is 14.3. The first-order valence-corrected chi connectivity index (χ1v) is 9.77. The molecule has 0 spiro atoms. The first-order valence-electron chi connectivity index (χ1n) is 8.83. The van der Waals surface area contributed by atoms with Crippen LogP contribution in [0, 0.1) is 5.92 Å². The van der Waals surface area contributed by atoms with Gasteiger partial charge in [-0.05, 0) is 48.1 Å². The molecule has 4 rings (SSSR count). The second-order valence-electron chi connectivity index (χ2n) is 7.21. The highest BCUT2D eigenvalue weighted by molar-refractivity contribution is 7.07. The summed E-state index contributed by atoms with van der Waals surface area (Å²) in [4.78, 5) is 29.4. The fourth-order valence-electron chi connectivity index (χ4n) is 4.05. The first-order chi connectivity index (χ1) is 11.2. The van der Waals surface area contributed by atoms with Crippen molar-refractivity contribution in [2.24, 2.45) is 5.92 Å². The molecule has 124 valence electrons. The van der Waals surface area contributed by atoms with E-state index in [4.69, 9.17) is 0 Å². The predicted molar refractivity (Wildman–Crippen MR) is 90.0 cm³/mol. The summed E-state index contributed by atoms with van der Waals surface area (Å²) >= 11 is 1.68. The Kier molecular flexibility index (Phi) is 4.14. The van der Waals surface area contributed by atoms with E-state index in [1.54, 1.807) is 11.3 Å². The van der Waals surface area contributed by atoms with Crippen LogP contribution >= 0.6 is 11.3 Å². The molecule has 2 aliphatic carbocycles. The van der Waals surface area contributed by atoms with Crippen LogP contribution in [0.3, 0.4) is 0 Å². The van der Waals surface area contributed by atoms with E-state index in [-0.39, 0.29) is 17.7 Å². The van der Waals surface area contributed by atoms with Gasteiger partial charge in [0.1, 0.15) is 0 Å². The summed E-state index contributed by atoms with van der Waals surface area (Å²) in [5.41, 5.74) is 1.22. The highest BCUT2D eigenvalue weighted by Gasteiger charge is 2.43. The number of hydrogen-bond donors (Lipinski definition) is 0. The van der Waals surface area contributed by atoms with Crippen molar-refractivity contribution in [3.05, 3.63) is 22.4 Å². The SMILES string of the molecule is O=C1C[C@H](C(=O)N(Cc2ccsc2)C2CCCC2)CN1C1CC1. The molecule has 0 aromatic carbocycles. The third kappa shape index (κ3) is 3.16. The Balaban J connectivity index is 1.48. The van der Waals surface area contributed by atoms with Gasteiger partial charge in [0.15, 0.2) is 0 Å². The van der Waals surface area contributed by atoms with Gasteiger partial charge in [0, 0.05) is 31.6 Å². The maximum atomic E-state index is 13.1. The van der Waals surface area contributed by atoms with E-state index >= 15 is 0 Å². The van der Waals surface area contributed by atoms with Gasteiger partial charge in [-0.15, -0.1) is 0 Å². The Morgan fingerprint density at radius 1 is 1.26 bits per heavy atom. The number of likely N-dealkylation sites (tertiary alicyclic amines) is 1. The largest absolute Gasteiger partial charge is 0.339 e. The second kappa shape index (κ2) is 6.27. The molecule has 1 aromatic heterocycles. The molecule has 0 N–H and O–H groups in total. The van der Waals surface area contributed by atoms with Crippen LogP contribution in [-0.2, 0) is 16.1 Å². The molecule has 0 unspecified atom stereocenters. The number of rotatable bonds is 5. The van der Waals surface area contributed by atoms with E-state index < -0.39 is 0 Å². The number of carbonyl (C=O) groups is 2. The van der Waals surface area contributed by atoms with Gasteiger partial charge < -0.3 is 9.80 Å². The molecular formula is C18H24N2O2S. The van der Waals surface area contributed by atoms with E-state index in [1.165, 1.54) is 18.4 Å². The van der Waals surface area contributed by atoms with Crippen LogP contribution < -0.4 is 0 Å². The lowest BCUT2D eigenvalue weighted by atomic mass is 10.0. The third-order valence-corrected chi connectivity index (χ3v) is 6.21. The Hall–Kier alpha value is -1.36. The van der Waals surface area contributed by atoms with Gasteiger partial charge in [0.2, 0.25) is 11.8 Å². The summed E-state index contributed by atoms with van der Waals surface area (Å²) in [5, 5.41) is 4.20. The molecule has 1 aliphatic heterocycles. The minimum absolute atomic E-state index is 0.123. The van der Waals surface area contributed by atoms with Crippen molar-refractivity contribution < 1.29 is 9.59 Å². The number of hydrogen-bond acceptors (Lipinski definition) is 3. The normalized spacial score (nSPS) is 25.3. The molecule has 0 bridgehead atoms. The molecule has 1 aromatic rings. The lowest BCUT2D eigenvalue weighted by Crippen LogP contribution is -2.42. The van der Waals surface area contributed by atoms with Crippen LogP contribution in [0.4, 0.5) is 0 Å². The minimum atomic E-state index is -0.123. The molecule has 2 amide bonds. The standard InChI is InChI=1S/C18H24N2O2S/c21-17-9-14(11-19(17)16-5-6-16)18(22)20(15-3-1-2-4-15)10-13-7-8-23-12-13/h7-8,12,14-16H,1-6,9-11H2/t14-/m0/s1. The molecular weight excluding hydrogens is 308 g/mol. The number of thiophene rings is 1. The fraction of sp³-hybridized carbons (Fsp3) is 0.667. The van der Waals surface area contributed by atoms with E-state index in [2.05, 4.69) is 21.7 Å². The van der Waals surface area contributed by atoms with E-state index in [0.29, 0.717) is 31.6 Å². The highest BCUT2D eigenvalue weighted by Crippen LogP contribution is 2.34.